The summed E-state index contributed by atoms with van der Waals surface area (Å²) in [5.41, 5.74) is 1.49. The summed E-state index contributed by atoms with van der Waals surface area (Å²) in [6.07, 6.45) is 2.61. The lowest BCUT2D eigenvalue weighted by atomic mass is 9.83. The summed E-state index contributed by atoms with van der Waals surface area (Å²) in [4.78, 5) is 0. The molecule has 0 aromatic heterocycles. The molecular formula is C12H24OSi. The van der Waals surface area contributed by atoms with Gasteiger partial charge in [0, 0.05) is 5.92 Å². The van der Waals surface area contributed by atoms with Crippen LogP contribution >= 0.6 is 0 Å². The molecule has 0 unspecified atom stereocenters. The highest BCUT2D eigenvalue weighted by atomic mass is 28.4. The van der Waals surface area contributed by atoms with Crippen molar-refractivity contribution in [2.24, 2.45) is 11.8 Å². The fourth-order valence-electron chi connectivity index (χ4n) is 1.99. The Labute approximate surface area is 89.7 Å². The predicted molar refractivity (Wildman–Crippen MR) is 64.7 cm³/mol. The molecule has 0 aromatic carbocycles. The first kappa shape index (κ1) is 11.8. The van der Waals surface area contributed by atoms with Crippen LogP contribution < -0.4 is 0 Å². The van der Waals surface area contributed by atoms with Crippen LogP contribution in [0.2, 0.25) is 19.6 Å². The second-order valence-corrected chi connectivity index (χ2v) is 10.1. The van der Waals surface area contributed by atoms with Crippen molar-refractivity contribution in [1.29, 1.82) is 0 Å². The monoisotopic (exact) mass is 212 g/mol. The maximum atomic E-state index is 6.19. The van der Waals surface area contributed by atoms with E-state index in [2.05, 4.69) is 40.4 Å². The molecule has 1 aliphatic rings. The largest absolute Gasteiger partial charge is 0.547 e. The molecule has 1 nitrogen and oxygen atoms in total. The molecule has 0 spiro atoms. The van der Waals surface area contributed by atoms with Crippen molar-refractivity contribution in [2.45, 2.75) is 53.3 Å². The average Bonchev–Trinajstić information content (AvgIpc) is 2.04. The standard InChI is InChI=1S/C12H24OSi/c1-9-7-8-10(2)12(11(9)3)13-14(4,5)6/h9-10H,7-8H2,1-6H3/t9-,10-/m1/s1. The van der Waals surface area contributed by atoms with E-state index in [9.17, 15) is 0 Å². The Morgan fingerprint density at radius 3 is 2.07 bits per heavy atom. The normalized spacial score (nSPS) is 29.3. The Balaban J connectivity index is 2.86. The highest BCUT2D eigenvalue weighted by Crippen LogP contribution is 2.35. The van der Waals surface area contributed by atoms with Crippen LogP contribution in [0.3, 0.4) is 0 Å². The number of allylic oxidation sites excluding steroid dienone is 2. The van der Waals surface area contributed by atoms with Crippen LogP contribution in [0.15, 0.2) is 11.3 Å². The van der Waals surface area contributed by atoms with E-state index in [0.717, 1.165) is 5.92 Å². The van der Waals surface area contributed by atoms with Gasteiger partial charge in [-0.3, -0.25) is 0 Å². The highest BCUT2D eigenvalue weighted by molar-refractivity contribution is 6.70. The maximum absolute atomic E-state index is 6.19. The van der Waals surface area contributed by atoms with E-state index in [1.807, 2.05) is 0 Å². The minimum Gasteiger partial charge on any atom is -0.547 e. The summed E-state index contributed by atoms with van der Waals surface area (Å²) in [5.74, 6) is 2.67. The maximum Gasteiger partial charge on any atom is 0.241 e. The number of hydrogen-bond donors (Lipinski definition) is 0. The summed E-state index contributed by atoms with van der Waals surface area (Å²) < 4.78 is 6.19. The lowest BCUT2D eigenvalue weighted by molar-refractivity contribution is 0.295. The van der Waals surface area contributed by atoms with Crippen molar-refractivity contribution in [1.82, 2.24) is 0 Å². The first-order valence-corrected chi connectivity index (χ1v) is 9.12. The van der Waals surface area contributed by atoms with E-state index >= 15 is 0 Å². The van der Waals surface area contributed by atoms with E-state index in [1.165, 1.54) is 24.2 Å². The van der Waals surface area contributed by atoms with Gasteiger partial charge in [0.1, 0.15) is 0 Å². The smallest absolute Gasteiger partial charge is 0.241 e. The van der Waals surface area contributed by atoms with Crippen molar-refractivity contribution >= 4 is 8.32 Å². The van der Waals surface area contributed by atoms with Crippen molar-refractivity contribution in [2.75, 3.05) is 0 Å². The minimum atomic E-state index is -1.42. The molecule has 0 saturated heterocycles. The Bertz CT molecular complexity index is 237. The average molecular weight is 212 g/mol. The molecule has 0 aliphatic heterocycles. The van der Waals surface area contributed by atoms with Crippen molar-refractivity contribution in [3.05, 3.63) is 11.3 Å². The van der Waals surface area contributed by atoms with Crippen LogP contribution in [-0.2, 0) is 4.43 Å². The summed E-state index contributed by atoms with van der Waals surface area (Å²) in [7, 11) is -1.42. The molecule has 0 N–H and O–H groups in total. The second-order valence-electron chi connectivity index (χ2n) is 5.64. The van der Waals surface area contributed by atoms with Gasteiger partial charge in [0.25, 0.3) is 0 Å². The lowest BCUT2D eigenvalue weighted by Gasteiger charge is -2.33. The van der Waals surface area contributed by atoms with E-state index < -0.39 is 8.32 Å². The van der Waals surface area contributed by atoms with Gasteiger partial charge in [-0.2, -0.15) is 0 Å². The first-order chi connectivity index (χ1) is 6.31. The zero-order valence-electron chi connectivity index (χ0n) is 10.5. The summed E-state index contributed by atoms with van der Waals surface area (Å²) >= 11 is 0. The van der Waals surface area contributed by atoms with Gasteiger partial charge in [-0.1, -0.05) is 13.8 Å². The molecular weight excluding hydrogens is 188 g/mol. The van der Waals surface area contributed by atoms with E-state index in [4.69, 9.17) is 4.43 Å². The minimum absolute atomic E-state index is 0.637. The molecule has 2 atom stereocenters. The van der Waals surface area contributed by atoms with Crippen LogP contribution in [0.5, 0.6) is 0 Å². The third-order valence-electron chi connectivity index (χ3n) is 3.02. The van der Waals surface area contributed by atoms with Crippen molar-refractivity contribution in [3.8, 4) is 0 Å². The molecule has 0 saturated carbocycles. The van der Waals surface area contributed by atoms with Gasteiger partial charge in [-0.05, 0) is 50.9 Å². The third-order valence-corrected chi connectivity index (χ3v) is 3.86. The Hall–Kier alpha value is -0.243. The Morgan fingerprint density at radius 1 is 1.07 bits per heavy atom. The Kier molecular flexibility index (Phi) is 3.46. The topological polar surface area (TPSA) is 9.23 Å². The molecule has 0 heterocycles. The Morgan fingerprint density at radius 2 is 1.57 bits per heavy atom. The molecule has 0 aromatic rings. The van der Waals surface area contributed by atoms with E-state index in [0.29, 0.717) is 5.92 Å². The number of rotatable bonds is 2. The molecule has 0 bridgehead atoms. The fraction of sp³-hybridized carbons (Fsp3) is 0.833. The molecule has 0 amide bonds. The van der Waals surface area contributed by atoms with Gasteiger partial charge in [0.15, 0.2) is 0 Å². The van der Waals surface area contributed by atoms with Crippen LogP contribution in [0.1, 0.15) is 33.6 Å². The molecule has 2 heteroatoms. The molecule has 82 valence electrons. The predicted octanol–water partition coefficient (Wildman–Crippen LogP) is 4.18. The highest BCUT2D eigenvalue weighted by Gasteiger charge is 2.27. The van der Waals surface area contributed by atoms with Gasteiger partial charge in [-0.25, -0.2) is 0 Å². The fourth-order valence-corrected chi connectivity index (χ4v) is 3.01. The van der Waals surface area contributed by atoms with E-state index in [-0.39, 0.29) is 0 Å². The van der Waals surface area contributed by atoms with E-state index in [1.54, 1.807) is 0 Å². The summed E-state index contributed by atoms with van der Waals surface area (Å²) in [6, 6.07) is 0. The summed E-state index contributed by atoms with van der Waals surface area (Å²) in [5, 5.41) is 0. The van der Waals surface area contributed by atoms with Crippen LogP contribution in [0.4, 0.5) is 0 Å². The zero-order chi connectivity index (χ0) is 10.9. The number of hydrogen-bond acceptors (Lipinski definition) is 1. The van der Waals surface area contributed by atoms with Crippen molar-refractivity contribution in [3.63, 3.8) is 0 Å². The summed E-state index contributed by atoms with van der Waals surface area (Å²) in [6.45, 7) is 13.6. The quantitative estimate of drug-likeness (QED) is 0.624. The molecule has 0 fully saturated rings. The third kappa shape index (κ3) is 2.87. The van der Waals surface area contributed by atoms with Gasteiger partial charge in [-0.15, -0.1) is 0 Å². The van der Waals surface area contributed by atoms with Crippen molar-refractivity contribution < 1.29 is 4.43 Å². The SMILES string of the molecule is CC1=C(O[Si](C)(C)C)[C@H](C)CC[C@H]1C. The van der Waals surface area contributed by atoms with Gasteiger partial charge in [0.05, 0.1) is 5.76 Å². The molecule has 0 radical (unpaired) electrons. The second kappa shape index (κ2) is 4.09. The van der Waals surface area contributed by atoms with Gasteiger partial charge < -0.3 is 4.43 Å². The van der Waals surface area contributed by atoms with Crippen LogP contribution in [-0.4, -0.2) is 8.32 Å². The molecule has 1 rings (SSSR count). The molecule has 1 aliphatic carbocycles. The zero-order valence-corrected chi connectivity index (χ0v) is 11.5. The van der Waals surface area contributed by atoms with Crippen LogP contribution in [0.25, 0.3) is 0 Å². The van der Waals surface area contributed by atoms with Crippen LogP contribution in [0, 0.1) is 11.8 Å². The van der Waals surface area contributed by atoms with Gasteiger partial charge in [0.2, 0.25) is 8.32 Å². The van der Waals surface area contributed by atoms with Gasteiger partial charge >= 0.3 is 0 Å². The lowest BCUT2D eigenvalue weighted by Crippen LogP contribution is -2.29. The first-order valence-electron chi connectivity index (χ1n) is 5.71. The molecule has 14 heavy (non-hydrogen) atoms.